The molecule has 0 aromatic carbocycles. The number of hydrogen-bond donors (Lipinski definition) is 1. The van der Waals surface area contributed by atoms with Crippen LogP contribution in [0.3, 0.4) is 0 Å². The van der Waals surface area contributed by atoms with Crippen LogP contribution in [0.1, 0.15) is 39.5 Å². The lowest BCUT2D eigenvalue weighted by Crippen LogP contribution is -2.44. The SMILES string of the molecule is CC[C@@H]1OCC2(CCN(c3cnc4c(N5CCN(C)c6cnccc65)n[nH]c4n3)CC2)[C@@H]1CC. The minimum atomic E-state index is 0.328. The summed E-state index contributed by atoms with van der Waals surface area (Å²) in [5.74, 6) is 2.43. The molecule has 9 nitrogen and oxygen atoms in total. The minimum absolute atomic E-state index is 0.328. The van der Waals surface area contributed by atoms with Crippen LogP contribution in [0.15, 0.2) is 24.7 Å². The molecule has 3 aromatic heterocycles. The van der Waals surface area contributed by atoms with E-state index in [1.807, 2.05) is 24.7 Å². The van der Waals surface area contributed by atoms with Gasteiger partial charge in [-0.1, -0.05) is 20.3 Å². The smallest absolute Gasteiger partial charge is 0.183 e. The van der Waals surface area contributed by atoms with Crippen LogP contribution in [0.5, 0.6) is 0 Å². The molecule has 2 saturated heterocycles. The Morgan fingerprint density at radius 3 is 2.74 bits per heavy atom. The van der Waals surface area contributed by atoms with Crippen molar-refractivity contribution < 1.29 is 4.74 Å². The molecule has 0 aliphatic carbocycles. The molecule has 0 amide bonds. The summed E-state index contributed by atoms with van der Waals surface area (Å²) in [7, 11) is 2.10. The van der Waals surface area contributed by atoms with Gasteiger partial charge in [0.1, 0.15) is 5.82 Å². The second kappa shape index (κ2) is 8.37. The van der Waals surface area contributed by atoms with Gasteiger partial charge < -0.3 is 19.4 Å². The number of rotatable bonds is 4. The number of anilines is 4. The summed E-state index contributed by atoms with van der Waals surface area (Å²) < 4.78 is 6.22. The van der Waals surface area contributed by atoms with Gasteiger partial charge in [-0.15, -0.1) is 0 Å². The highest BCUT2D eigenvalue weighted by Crippen LogP contribution is 2.49. The molecule has 0 radical (unpaired) electrons. The zero-order valence-corrected chi connectivity index (χ0v) is 20.4. The van der Waals surface area contributed by atoms with Crippen LogP contribution < -0.4 is 14.7 Å². The van der Waals surface area contributed by atoms with Crippen LogP contribution in [-0.2, 0) is 4.74 Å². The van der Waals surface area contributed by atoms with E-state index in [-0.39, 0.29) is 0 Å². The van der Waals surface area contributed by atoms with Crippen LogP contribution in [0.2, 0.25) is 0 Å². The Morgan fingerprint density at radius 2 is 1.94 bits per heavy atom. The summed E-state index contributed by atoms with van der Waals surface area (Å²) in [5, 5.41) is 7.77. The molecule has 1 N–H and O–H groups in total. The van der Waals surface area contributed by atoms with E-state index in [2.05, 4.69) is 50.8 Å². The predicted octanol–water partition coefficient (Wildman–Crippen LogP) is 3.76. The largest absolute Gasteiger partial charge is 0.377 e. The molecule has 0 unspecified atom stereocenters. The van der Waals surface area contributed by atoms with E-state index < -0.39 is 0 Å². The first kappa shape index (κ1) is 21.6. The molecule has 3 aliphatic rings. The Balaban J connectivity index is 1.23. The number of H-pyrrole nitrogens is 1. The average Bonchev–Trinajstić information content (AvgIpc) is 3.45. The third-order valence-electron chi connectivity index (χ3n) is 8.38. The Kier molecular flexibility index (Phi) is 5.32. The molecule has 6 rings (SSSR count). The third kappa shape index (κ3) is 3.32. The number of hydrogen-bond acceptors (Lipinski definition) is 8. The Bertz CT molecular complexity index is 1170. The Morgan fingerprint density at radius 1 is 1.09 bits per heavy atom. The standard InChI is InChI=1S/C25H34N8O/c1-4-17-20(5-2)34-16-25(17)7-10-32(11-8-25)21-15-27-22-23(28-21)29-30-24(22)33-13-12-31(3)19-14-26-9-6-18(19)33/h6,9,14-15,17,20H,4-5,7-8,10-13,16H2,1-3H3,(H,28,29,30)/t17-,20+/m1/s1. The zero-order valence-electron chi connectivity index (χ0n) is 20.4. The number of ether oxygens (including phenoxy) is 1. The number of aromatic nitrogens is 5. The van der Waals surface area contributed by atoms with E-state index in [1.165, 1.54) is 6.42 Å². The van der Waals surface area contributed by atoms with Crippen LogP contribution >= 0.6 is 0 Å². The van der Waals surface area contributed by atoms with Gasteiger partial charge in [0, 0.05) is 44.8 Å². The number of aromatic amines is 1. The Labute approximate surface area is 200 Å². The van der Waals surface area contributed by atoms with Crippen molar-refractivity contribution in [1.82, 2.24) is 25.1 Å². The van der Waals surface area contributed by atoms with E-state index >= 15 is 0 Å². The molecular weight excluding hydrogens is 428 g/mol. The molecule has 1 spiro atoms. The lowest BCUT2D eigenvalue weighted by molar-refractivity contribution is 0.0827. The molecule has 6 heterocycles. The normalized spacial score (nSPS) is 24.3. The van der Waals surface area contributed by atoms with Gasteiger partial charge in [-0.05, 0) is 31.2 Å². The van der Waals surface area contributed by atoms with Crippen molar-refractivity contribution in [3.8, 4) is 0 Å². The van der Waals surface area contributed by atoms with E-state index in [9.17, 15) is 0 Å². The Hall–Kier alpha value is -2.94. The minimum Gasteiger partial charge on any atom is -0.377 e. The summed E-state index contributed by atoms with van der Waals surface area (Å²) in [6.07, 6.45) is 10.7. The van der Waals surface area contributed by atoms with Crippen molar-refractivity contribution in [3.63, 3.8) is 0 Å². The van der Waals surface area contributed by atoms with E-state index in [0.29, 0.717) is 17.4 Å². The number of pyridine rings is 1. The van der Waals surface area contributed by atoms with Crippen LogP contribution in [0.25, 0.3) is 11.2 Å². The zero-order chi connectivity index (χ0) is 23.3. The van der Waals surface area contributed by atoms with Gasteiger partial charge in [-0.3, -0.25) is 10.1 Å². The van der Waals surface area contributed by atoms with Crippen molar-refractivity contribution in [1.29, 1.82) is 0 Å². The first-order valence-corrected chi connectivity index (χ1v) is 12.6. The van der Waals surface area contributed by atoms with Gasteiger partial charge in [0.15, 0.2) is 17.0 Å². The summed E-state index contributed by atoms with van der Waals surface area (Å²) in [5.41, 5.74) is 4.07. The summed E-state index contributed by atoms with van der Waals surface area (Å²) >= 11 is 0. The number of likely N-dealkylation sites (N-methyl/N-ethyl adjacent to an activating group) is 1. The van der Waals surface area contributed by atoms with Crippen molar-refractivity contribution in [2.75, 3.05) is 54.5 Å². The highest BCUT2D eigenvalue weighted by Gasteiger charge is 2.49. The van der Waals surface area contributed by atoms with Gasteiger partial charge in [-0.2, -0.15) is 5.10 Å². The highest BCUT2D eigenvalue weighted by atomic mass is 16.5. The molecule has 34 heavy (non-hydrogen) atoms. The van der Waals surface area contributed by atoms with Crippen LogP contribution in [-0.4, -0.2) is 71.1 Å². The van der Waals surface area contributed by atoms with Crippen LogP contribution in [0.4, 0.5) is 23.0 Å². The molecule has 9 heteroatoms. The maximum atomic E-state index is 6.22. The second-order valence-corrected chi connectivity index (χ2v) is 10.0. The molecule has 0 bridgehead atoms. The van der Waals surface area contributed by atoms with Crippen molar-refractivity contribution in [2.24, 2.45) is 11.3 Å². The third-order valence-corrected chi connectivity index (χ3v) is 8.38. The highest BCUT2D eigenvalue weighted by molar-refractivity contribution is 5.90. The van der Waals surface area contributed by atoms with Gasteiger partial charge >= 0.3 is 0 Å². The average molecular weight is 463 g/mol. The van der Waals surface area contributed by atoms with Crippen molar-refractivity contribution in [3.05, 3.63) is 24.7 Å². The van der Waals surface area contributed by atoms with Crippen LogP contribution in [0, 0.1) is 11.3 Å². The first-order valence-electron chi connectivity index (χ1n) is 12.6. The fraction of sp³-hybridized carbons (Fsp3) is 0.600. The molecule has 3 aromatic rings. The fourth-order valence-corrected chi connectivity index (χ4v) is 6.42. The molecule has 180 valence electrons. The maximum absolute atomic E-state index is 6.22. The van der Waals surface area contributed by atoms with Crippen molar-refractivity contribution in [2.45, 2.75) is 45.6 Å². The lowest BCUT2D eigenvalue weighted by atomic mass is 9.67. The van der Waals surface area contributed by atoms with E-state index in [1.54, 1.807) is 0 Å². The maximum Gasteiger partial charge on any atom is 0.183 e. The van der Waals surface area contributed by atoms with E-state index in [0.717, 1.165) is 86.2 Å². The summed E-state index contributed by atoms with van der Waals surface area (Å²) in [6.45, 7) is 9.21. The first-order chi connectivity index (χ1) is 16.6. The number of piperidine rings is 1. The topological polar surface area (TPSA) is 86.3 Å². The molecular formula is C25H34N8O. The van der Waals surface area contributed by atoms with Gasteiger partial charge in [0.25, 0.3) is 0 Å². The molecule has 2 fully saturated rings. The van der Waals surface area contributed by atoms with E-state index in [4.69, 9.17) is 14.7 Å². The fourth-order valence-electron chi connectivity index (χ4n) is 6.42. The van der Waals surface area contributed by atoms with Gasteiger partial charge in [0.2, 0.25) is 0 Å². The number of nitrogens with zero attached hydrogens (tertiary/aromatic N) is 7. The lowest BCUT2D eigenvalue weighted by Gasteiger charge is -2.42. The summed E-state index contributed by atoms with van der Waals surface area (Å²) in [4.78, 5) is 20.9. The number of nitrogens with one attached hydrogen (secondary N) is 1. The quantitative estimate of drug-likeness (QED) is 0.627. The second-order valence-electron chi connectivity index (χ2n) is 10.0. The van der Waals surface area contributed by atoms with Gasteiger partial charge in [0.05, 0.1) is 36.5 Å². The van der Waals surface area contributed by atoms with Crippen molar-refractivity contribution >= 4 is 34.2 Å². The predicted molar refractivity (Wildman–Crippen MR) is 134 cm³/mol. The summed E-state index contributed by atoms with van der Waals surface area (Å²) in [6, 6.07) is 2.04. The molecule has 0 saturated carbocycles. The molecule has 3 aliphatic heterocycles. The van der Waals surface area contributed by atoms with Gasteiger partial charge in [-0.25, -0.2) is 9.97 Å². The molecule has 2 atom stereocenters. The number of fused-ring (bicyclic) bond motifs is 2. The monoisotopic (exact) mass is 462 g/mol.